The van der Waals surface area contributed by atoms with E-state index >= 15 is 0 Å². The largest absolute Gasteiger partial charge is 0.504 e. The third-order valence-corrected chi connectivity index (χ3v) is 4.54. The molecule has 0 heterocycles. The molecule has 2 N–H and O–H groups in total. The molecule has 0 aromatic heterocycles. The van der Waals surface area contributed by atoms with Crippen molar-refractivity contribution in [3.8, 4) is 28.7 Å². The summed E-state index contributed by atoms with van der Waals surface area (Å²) in [6.07, 6.45) is -4.95. The van der Waals surface area contributed by atoms with Gasteiger partial charge in [-0.15, -0.1) is 0 Å². The Morgan fingerprint density at radius 2 is 1.58 bits per heavy atom. The Labute approximate surface area is 184 Å². The Bertz CT molecular complexity index is 1110. The predicted octanol–water partition coefficient (Wildman–Crippen LogP) is 6.93. The number of benzene rings is 3. The minimum absolute atomic E-state index is 0.00445. The molecule has 0 saturated heterocycles. The first kappa shape index (κ1) is 22.6. The number of aliphatic carboxylic acids is 1. The lowest BCUT2D eigenvalue weighted by Gasteiger charge is -2.15. The minimum atomic E-state index is -4.65. The number of aromatic hydroxyl groups is 1. The highest BCUT2D eigenvalue weighted by atomic mass is 35.5. The average molecular weight is 473 g/mol. The molecule has 0 atom stereocenters. The van der Waals surface area contributed by atoms with Crippen LogP contribution in [-0.2, 0) is 17.4 Å². The molecule has 0 unspecified atom stereocenters. The van der Waals surface area contributed by atoms with E-state index < -0.39 is 29.2 Å². The standard InChI is InChI=1S/C21H13Cl2F3O5/c22-14-7-11(9-19(28)29)8-15(23)20(14)30-12-5-6-16(27)18(10-12)31-17-4-2-1-3-13(17)21(24,25)26/h1-8,10,27H,9H2,(H,28,29). The van der Waals surface area contributed by atoms with Crippen LogP contribution in [0, 0.1) is 0 Å². The molecule has 0 aliphatic rings. The zero-order valence-corrected chi connectivity index (χ0v) is 16.9. The summed E-state index contributed by atoms with van der Waals surface area (Å²) in [6.45, 7) is 0. The molecule has 10 heteroatoms. The van der Waals surface area contributed by atoms with Gasteiger partial charge in [-0.3, -0.25) is 4.79 Å². The van der Waals surface area contributed by atoms with E-state index in [0.717, 1.165) is 12.1 Å². The van der Waals surface area contributed by atoms with Crippen molar-refractivity contribution in [2.45, 2.75) is 12.6 Å². The van der Waals surface area contributed by atoms with E-state index in [1.165, 1.54) is 42.5 Å². The van der Waals surface area contributed by atoms with Crippen molar-refractivity contribution in [3.63, 3.8) is 0 Å². The van der Waals surface area contributed by atoms with Crippen LogP contribution >= 0.6 is 23.2 Å². The third-order valence-electron chi connectivity index (χ3n) is 3.98. The maximum atomic E-state index is 13.2. The first-order chi connectivity index (χ1) is 14.5. The molecule has 5 nitrogen and oxygen atoms in total. The molecule has 0 amide bonds. The van der Waals surface area contributed by atoms with Gasteiger partial charge in [0.1, 0.15) is 11.5 Å². The number of phenols is 1. The number of carbonyl (C=O) groups is 1. The molecule has 0 bridgehead atoms. The van der Waals surface area contributed by atoms with Crippen LogP contribution in [0.15, 0.2) is 54.6 Å². The molecule has 3 rings (SSSR count). The summed E-state index contributed by atoms with van der Waals surface area (Å²) >= 11 is 12.3. The van der Waals surface area contributed by atoms with Gasteiger partial charge in [-0.25, -0.2) is 0 Å². The normalized spacial score (nSPS) is 11.3. The van der Waals surface area contributed by atoms with Gasteiger partial charge < -0.3 is 19.7 Å². The van der Waals surface area contributed by atoms with Crippen LogP contribution in [0.1, 0.15) is 11.1 Å². The van der Waals surface area contributed by atoms with Gasteiger partial charge in [0.05, 0.1) is 22.0 Å². The van der Waals surface area contributed by atoms with Crippen LogP contribution in [0.2, 0.25) is 10.0 Å². The SMILES string of the molecule is O=C(O)Cc1cc(Cl)c(Oc2ccc(O)c(Oc3ccccc3C(F)(F)F)c2)c(Cl)c1. The molecule has 31 heavy (non-hydrogen) atoms. The van der Waals surface area contributed by atoms with Crippen LogP contribution in [0.5, 0.6) is 28.7 Å². The van der Waals surface area contributed by atoms with Gasteiger partial charge in [0.2, 0.25) is 0 Å². The number of alkyl halides is 3. The van der Waals surface area contributed by atoms with Crippen LogP contribution in [0.4, 0.5) is 13.2 Å². The number of carboxylic acid groups (broad SMARTS) is 1. The number of hydrogen-bond donors (Lipinski definition) is 2. The fourth-order valence-corrected chi connectivity index (χ4v) is 3.26. The summed E-state index contributed by atoms with van der Waals surface area (Å²) in [5.41, 5.74) is -0.658. The molecule has 0 saturated carbocycles. The summed E-state index contributed by atoms with van der Waals surface area (Å²) in [6, 6.07) is 10.9. The van der Waals surface area contributed by atoms with Gasteiger partial charge in [-0.1, -0.05) is 35.3 Å². The maximum absolute atomic E-state index is 13.2. The van der Waals surface area contributed by atoms with E-state index in [-0.39, 0.29) is 33.7 Å². The molecule has 0 aliphatic heterocycles. The second kappa shape index (κ2) is 8.95. The van der Waals surface area contributed by atoms with Gasteiger partial charge in [-0.2, -0.15) is 13.2 Å². The van der Waals surface area contributed by atoms with Gasteiger partial charge in [0.15, 0.2) is 17.2 Å². The number of phenolic OH excluding ortho intramolecular Hbond substituents is 1. The van der Waals surface area contributed by atoms with Crippen molar-refractivity contribution in [3.05, 3.63) is 75.8 Å². The first-order valence-corrected chi connectivity index (χ1v) is 9.35. The molecular weight excluding hydrogens is 460 g/mol. The highest BCUT2D eigenvalue weighted by Crippen LogP contribution is 2.43. The second-order valence-electron chi connectivity index (χ2n) is 6.29. The van der Waals surface area contributed by atoms with Gasteiger partial charge in [0, 0.05) is 6.07 Å². The highest BCUT2D eigenvalue weighted by Gasteiger charge is 2.34. The first-order valence-electron chi connectivity index (χ1n) is 8.59. The number of ether oxygens (including phenoxy) is 2. The van der Waals surface area contributed by atoms with E-state index in [4.69, 9.17) is 37.8 Å². The Kier molecular flexibility index (Phi) is 6.52. The third kappa shape index (κ3) is 5.53. The summed E-state index contributed by atoms with van der Waals surface area (Å²) < 4.78 is 50.5. The van der Waals surface area contributed by atoms with E-state index in [9.17, 15) is 23.1 Å². The monoisotopic (exact) mass is 472 g/mol. The van der Waals surface area contributed by atoms with E-state index in [0.29, 0.717) is 5.56 Å². The molecule has 162 valence electrons. The van der Waals surface area contributed by atoms with E-state index in [1.54, 1.807) is 0 Å². The van der Waals surface area contributed by atoms with Gasteiger partial charge in [0.25, 0.3) is 0 Å². The van der Waals surface area contributed by atoms with Crippen LogP contribution in [0.3, 0.4) is 0 Å². The van der Waals surface area contributed by atoms with Crippen molar-refractivity contribution in [2.75, 3.05) is 0 Å². The molecule has 3 aromatic carbocycles. The zero-order chi connectivity index (χ0) is 22.8. The Morgan fingerprint density at radius 3 is 2.19 bits per heavy atom. The zero-order valence-electron chi connectivity index (χ0n) is 15.4. The fraction of sp³-hybridized carbons (Fsp3) is 0.0952. The summed E-state index contributed by atoms with van der Waals surface area (Å²) in [7, 11) is 0. The van der Waals surface area contributed by atoms with Crippen molar-refractivity contribution in [2.24, 2.45) is 0 Å². The van der Waals surface area contributed by atoms with Crippen molar-refractivity contribution in [1.29, 1.82) is 0 Å². The smallest absolute Gasteiger partial charge is 0.419 e. The van der Waals surface area contributed by atoms with Crippen LogP contribution in [0.25, 0.3) is 0 Å². The van der Waals surface area contributed by atoms with E-state index in [1.807, 2.05) is 0 Å². The summed E-state index contributed by atoms with van der Waals surface area (Å²) in [5.74, 6) is -2.21. The predicted molar refractivity (Wildman–Crippen MR) is 108 cm³/mol. The fourth-order valence-electron chi connectivity index (χ4n) is 2.65. The quantitative estimate of drug-likeness (QED) is 0.406. The lowest BCUT2D eigenvalue weighted by molar-refractivity contribution is -0.138. The van der Waals surface area contributed by atoms with Crippen molar-refractivity contribution >= 4 is 29.2 Å². The number of halogens is 5. The van der Waals surface area contributed by atoms with Gasteiger partial charge >= 0.3 is 12.1 Å². The second-order valence-corrected chi connectivity index (χ2v) is 7.10. The Hall–Kier alpha value is -3.10. The van der Waals surface area contributed by atoms with E-state index in [2.05, 4.69) is 0 Å². The van der Waals surface area contributed by atoms with Crippen molar-refractivity contribution in [1.82, 2.24) is 0 Å². The number of para-hydroxylation sites is 1. The highest BCUT2D eigenvalue weighted by molar-refractivity contribution is 6.37. The van der Waals surface area contributed by atoms with Crippen LogP contribution < -0.4 is 9.47 Å². The molecular formula is C21H13Cl2F3O5. The number of hydrogen-bond acceptors (Lipinski definition) is 4. The molecule has 0 spiro atoms. The van der Waals surface area contributed by atoms with Gasteiger partial charge in [-0.05, 0) is 42.0 Å². The summed E-state index contributed by atoms with van der Waals surface area (Å²) in [5, 5.41) is 18.9. The molecule has 0 radical (unpaired) electrons. The topological polar surface area (TPSA) is 76.0 Å². The lowest BCUT2D eigenvalue weighted by Crippen LogP contribution is -2.06. The lowest BCUT2D eigenvalue weighted by atomic mass is 10.1. The number of carboxylic acids is 1. The summed E-state index contributed by atoms with van der Waals surface area (Å²) in [4.78, 5) is 10.8. The Balaban J connectivity index is 1.90. The Morgan fingerprint density at radius 1 is 0.935 bits per heavy atom. The minimum Gasteiger partial charge on any atom is -0.504 e. The molecule has 3 aromatic rings. The van der Waals surface area contributed by atoms with Crippen molar-refractivity contribution < 1.29 is 37.7 Å². The maximum Gasteiger partial charge on any atom is 0.419 e. The molecule has 0 aliphatic carbocycles. The molecule has 0 fully saturated rings. The van der Waals surface area contributed by atoms with Crippen LogP contribution in [-0.4, -0.2) is 16.2 Å². The number of rotatable bonds is 6. The average Bonchev–Trinajstić information content (AvgIpc) is 2.66.